The lowest BCUT2D eigenvalue weighted by atomic mass is 9.94. The predicted octanol–water partition coefficient (Wildman–Crippen LogP) is 0.207. The van der Waals surface area contributed by atoms with Gasteiger partial charge in [0.15, 0.2) is 0 Å². The van der Waals surface area contributed by atoms with Crippen LogP contribution in [0.2, 0.25) is 0 Å². The van der Waals surface area contributed by atoms with Crippen molar-refractivity contribution in [3.63, 3.8) is 0 Å². The first-order chi connectivity index (χ1) is 13.7. The number of benzene rings is 2. The molecule has 2 aliphatic rings. The zero-order valence-corrected chi connectivity index (χ0v) is 15.3. The molecule has 4 rings (SSSR count). The van der Waals surface area contributed by atoms with Crippen LogP contribution in [0, 0.1) is 5.92 Å². The number of carbonyl (C=O) groups is 2. The Morgan fingerprint density at radius 3 is 2.14 bits per heavy atom. The van der Waals surface area contributed by atoms with Gasteiger partial charge < -0.3 is 0 Å². The van der Waals surface area contributed by atoms with Crippen LogP contribution in [0.5, 0.6) is 0 Å². The Morgan fingerprint density at radius 1 is 0.786 bits per heavy atom. The van der Waals surface area contributed by atoms with Crippen molar-refractivity contribution in [3.8, 4) is 0 Å². The summed E-state index contributed by atoms with van der Waals surface area (Å²) < 4.78 is 0. The van der Waals surface area contributed by atoms with Gasteiger partial charge in [-0.3, -0.25) is 25.9 Å². The number of hydrazine groups is 3. The van der Waals surface area contributed by atoms with Crippen LogP contribution in [0.1, 0.15) is 29.6 Å². The Hall–Kier alpha value is -2.78. The zero-order valence-electron chi connectivity index (χ0n) is 15.3. The summed E-state index contributed by atoms with van der Waals surface area (Å²) in [6.45, 7) is 0.487. The molecule has 0 bridgehead atoms. The van der Waals surface area contributed by atoms with Gasteiger partial charge in [0.05, 0.1) is 12.0 Å². The highest BCUT2D eigenvalue weighted by molar-refractivity contribution is 5.86. The fourth-order valence-electron chi connectivity index (χ4n) is 3.65. The summed E-state index contributed by atoms with van der Waals surface area (Å²) in [5.74, 6) is -0.825. The van der Waals surface area contributed by atoms with E-state index in [0.29, 0.717) is 13.0 Å². The summed E-state index contributed by atoms with van der Waals surface area (Å²) in [6.07, 6.45) is 0.602. The van der Waals surface area contributed by atoms with E-state index in [2.05, 4.69) is 32.6 Å². The third-order valence-corrected chi connectivity index (χ3v) is 5.21. The van der Waals surface area contributed by atoms with Gasteiger partial charge in [0.25, 0.3) is 5.91 Å². The van der Waals surface area contributed by atoms with E-state index in [4.69, 9.17) is 0 Å². The molecule has 8 nitrogen and oxygen atoms in total. The molecule has 2 amide bonds. The summed E-state index contributed by atoms with van der Waals surface area (Å²) in [4.78, 5) is 25.0. The SMILES string of the molecule is O=C(NNC(=O)C1CNNC1c1ccccc1)C1CC(c2ccccc2)NN1. The second-order valence-corrected chi connectivity index (χ2v) is 7.04. The molecule has 2 saturated heterocycles. The van der Waals surface area contributed by atoms with Crippen LogP contribution < -0.4 is 32.6 Å². The van der Waals surface area contributed by atoms with E-state index < -0.39 is 6.04 Å². The van der Waals surface area contributed by atoms with Crippen molar-refractivity contribution in [2.45, 2.75) is 24.5 Å². The van der Waals surface area contributed by atoms with Crippen molar-refractivity contribution >= 4 is 11.8 Å². The standard InChI is InChI=1S/C20H24N6O2/c27-19(15-12-21-24-18(15)14-9-5-2-6-10-14)25-26-20(28)17-11-16(22-23-17)13-7-3-1-4-8-13/h1-10,15-18,21-24H,11-12H2,(H,25,27)(H,26,28). The Balaban J connectivity index is 1.29. The van der Waals surface area contributed by atoms with E-state index in [1.54, 1.807) is 0 Å². The highest BCUT2D eigenvalue weighted by Gasteiger charge is 2.35. The van der Waals surface area contributed by atoms with Crippen molar-refractivity contribution < 1.29 is 9.59 Å². The van der Waals surface area contributed by atoms with Crippen LogP contribution in [0.3, 0.4) is 0 Å². The predicted molar refractivity (Wildman–Crippen MR) is 104 cm³/mol. The summed E-state index contributed by atoms with van der Waals surface area (Å²) in [6, 6.07) is 19.2. The van der Waals surface area contributed by atoms with Crippen LogP contribution in [0.25, 0.3) is 0 Å². The first-order valence-corrected chi connectivity index (χ1v) is 9.41. The van der Waals surface area contributed by atoms with Crippen molar-refractivity contribution in [3.05, 3.63) is 71.8 Å². The zero-order chi connectivity index (χ0) is 19.3. The van der Waals surface area contributed by atoms with Gasteiger partial charge in [-0.2, -0.15) is 0 Å². The molecule has 0 aromatic heterocycles. The van der Waals surface area contributed by atoms with E-state index in [9.17, 15) is 9.59 Å². The molecule has 146 valence electrons. The number of carbonyl (C=O) groups excluding carboxylic acids is 2. The minimum atomic E-state index is -0.421. The molecule has 4 atom stereocenters. The molecule has 8 heteroatoms. The van der Waals surface area contributed by atoms with Crippen LogP contribution in [0.4, 0.5) is 0 Å². The Morgan fingerprint density at radius 2 is 1.43 bits per heavy atom. The van der Waals surface area contributed by atoms with Gasteiger partial charge in [-0.1, -0.05) is 60.7 Å². The average molecular weight is 380 g/mol. The summed E-state index contributed by atoms with van der Waals surface area (Å²) >= 11 is 0. The third kappa shape index (κ3) is 4.05. The molecule has 4 unspecified atom stereocenters. The van der Waals surface area contributed by atoms with Crippen molar-refractivity contribution in [1.29, 1.82) is 0 Å². The monoisotopic (exact) mass is 380 g/mol. The summed E-state index contributed by atoms with van der Waals surface area (Å²) in [7, 11) is 0. The number of rotatable bonds is 4. The van der Waals surface area contributed by atoms with E-state index in [1.165, 1.54) is 0 Å². The average Bonchev–Trinajstić information content (AvgIpc) is 3.43. The molecule has 2 aliphatic heterocycles. The Bertz CT molecular complexity index is 816. The molecule has 28 heavy (non-hydrogen) atoms. The molecule has 0 spiro atoms. The first kappa shape index (κ1) is 18.6. The smallest absolute Gasteiger partial charge is 0.256 e. The van der Waals surface area contributed by atoms with Crippen LogP contribution in [-0.2, 0) is 9.59 Å². The normalized spacial score (nSPS) is 26.7. The molecule has 6 N–H and O–H groups in total. The van der Waals surface area contributed by atoms with Crippen molar-refractivity contribution in [1.82, 2.24) is 32.6 Å². The molecule has 0 radical (unpaired) electrons. The highest BCUT2D eigenvalue weighted by Crippen LogP contribution is 2.25. The molecular weight excluding hydrogens is 356 g/mol. The van der Waals surface area contributed by atoms with Crippen molar-refractivity contribution in [2.24, 2.45) is 5.92 Å². The summed E-state index contributed by atoms with van der Waals surface area (Å²) in [5, 5.41) is 0. The van der Waals surface area contributed by atoms with Gasteiger partial charge in [-0.15, -0.1) is 0 Å². The van der Waals surface area contributed by atoms with Crippen molar-refractivity contribution in [2.75, 3.05) is 6.54 Å². The molecule has 2 fully saturated rings. The maximum Gasteiger partial charge on any atom is 0.256 e. The minimum Gasteiger partial charge on any atom is -0.273 e. The van der Waals surface area contributed by atoms with Crippen LogP contribution in [-0.4, -0.2) is 24.4 Å². The van der Waals surface area contributed by atoms with E-state index >= 15 is 0 Å². The maximum absolute atomic E-state index is 12.6. The molecule has 0 aliphatic carbocycles. The van der Waals surface area contributed by atoms with Gasteiger partial charge in [0, 0.05) is 12.6 Å². The van der Waals surface area contributed by atoms with E-state index in [0.717, 1.165) is 11.1 Å². The quantitative estimate of drug-likeness (QED) is 0.424. The third-order valence-electron chi connectivity index (χ3n) is 5.21. The Labute approximate surface area is 163 Å². The number of amides is 2. The van der Waals surface area contributed by atoms with Gasteiger partial charge in [0.2, 0.25) is 5.91 Å². The second kappa shape index (κ2) is 8.49. The lowest BCUT2D eigenvalue weighted by Gasteiger charge is -2.19. The fraction of sp³-hybridized carbons (Fsp3) is 0.300. The first-order valence-electron chi connectivity index (χ1n) is 9.41. The maximum atomic E-state index is 12.6. The van der Waals surface area contributed by atoms with Crippen LogP contribution >= 0.6 is 0 Å². The highest BCUT2D eigenvalue weighted by atomic mass is 16.2. The number of hydrogen-bond donors (Lipinski definition) is 6. The molecule has 2 aromatic rings. The lowest BCUT2D eigenvalue weighted by molar-refractivity contribution is -0.132. The van der Waals surface area contributed by atoms with E-state index in [-0.39, 0.29) is 29.8 Å². The van der Waals surface area contributed by atoms with Gasteiger partial charge in [-0.05, 0) is 17.5 Å². The second-order valence-electron chi connectivity index (χ2n) is 7.04. The largest absolute Gasteiger partial charge is 0.273 e. The van der Waals surface area contributed by atoms with Gasteiger partial charge in [0.1, 0.15) is 6.04 Å². The lowest BCUT2D eigenvalue weighted by Crippen LogP contribution is -2.52. The van der Waals surface area contributed by atoms with Gasteiger partial charge in [-0.25, -0.2) is 16.3 Å². The topological polar surface area (TPSA) is 106 Å². The molecule has 2 heterocycles. The van der Waals surface area contributed by atoms with E-state index in [1.807, 2.05) is 60.7 Å². The summed E-state index contributed by atoms with van der Waals surface area (Å²) in [5.41, 5.74) is 19.5. The molecule has 2 aromatic carbocycles. The number of nitrogens with one attached hydrogen (secondary N) is 6. The fourth-order valence-corrected chi connectivity index (χ4v) is 3.65. The van der Waals surface area contributed by atoms with Crippen LogP contribution in [0.15, 0.2) is 60.7 Å². The Kier molecular flexibility index (Phi) is 5.63. The van der Waals surface area contributed by atoms with Gasteiger partial charge >= 0.3 is 0 Å². The minimum absolute atomic E-state index is 0.0540. The molecular formula is C20H24N6O2. The molecule has 0 saturated carbocycles. The number of hydrogen-bond acceptors (Lipinski definition) is 6.